The quantitative estimate of drug-likeness (QED) is 0.276. The van der Waals surface area contributed by atoms with Gasteiger partial charge in [-0.05, 0) is 47.7 Å². The molecule has 0 unspecified atom stereocenters. The van der Waals surface area contributed by atoms with Crippen molar-refractivity contribution < 1.29 is 9.53 Å². The van der Waals surface area contributed by atoms with E-state index in [4.69, 9.17) is 27.9 Å². The summed E-state index contributed by atoms with van der Waals surface area (Å²) in [6.07, 6.45) is 2.27. The van der Waals surface area contributed by atoms with Crippen molar-refractivity contribution in [3.8, 4) is 0 Å². The number of esters is 1. The first-order valence-electron chi connectivity index (χ1n) is 8.75. The molecular weight excluding hydrogens is 481 g/mol. The molecule has 0 saturated heterocycles. The van der Waals surface area contributed by atoms with Crippen LogP contribution in [-0.2, 0) is 22.5 Å². The number of hydrogen-bond acceptors (Lipinski definition) is 3. The van der Waals surface area contributed by atoms with Crippen LogP contribution in [0.3, 0.4) is 0 Å². The van der Waals surface area contributed by atoms with E-state index in [9.17, 15) is 4.79 Å². The molecule has 0 saturated carbocycles. The first-order valence-corrected chi connectivity index (χ1v) is 11.2. The number of halogens is 3. The van der Waals surface area contributed by atoms with Crippen LogP contribution in [-0.4, -0.2) is 17.1 Å². The van der Waals surface area contributed by atoms with Crippen molar-refractivity contribution in [2.24, 2.45) is 0 Å². The van der Waals surface area contributed by atoms with Crippen molar-refractivity contribution in [3.63, 3.8) is 0 Å². The van der Waals surface area contributed by atoms with E-state index in [1.54, 1.807) is 11.3 Å². The predicted octanol–water partition coefficient (Wildman–Crippen LogP) is 7.08. The number of aromatic nitrogens is 1. The van der Waals surface area contributed by atoms with Gasteiger partial charge in [-0.1, -0.05) is 45.2 Å². The Morgan fingerprint density at radius 1 is 1.21 bits per heavy atom. The molecule has 2 aromatic carbocycles. The number of thiophene rings is 1. The molecular formula is C21H16BrCl2NO2S. The number of fused-ring (bicyclic) bond motifs is 2. The number of rotatable bonds is 5. The maximum atomic E-state index is 12.0. The molecule has 0 radical (unpaired) electrons. The second kappa shape index (κ2) is 8.07. The zero-order valence-electron chi connectivity index (χ0n) is 15.0. The van der Waals surface area contributed by atoms with Gasteiger partial charge in [0.1, 0.15) is 0 Å². The molecule has 3 nitrogen and oxygen atoms in total. The van der Waals surface area contributed by atoms with Crippen molar-refractivity contribution in [3.05, 3.63) is 67.6 Å². The van der Waals surface area contributed by atoms with Gasteiger partial charge in [0.25, 0.3) is 0 Å². The van der Waals surface area contributed by atoms with Crippen molar-refractivity contribution in [2.45, 2.75) is 19.9 Å². The molecule has 144 valence electrons. The lowest BCUT2D eigenvalue weighted by molar-refractivity contribution is -0.142. The zero-order chi connectivity index (χ0) is 19.8. The summed E-state index contributed by atoms with van der Waals surface area (Å²) in [7, 11) is 0. The van der Waals surface area contributed by atoms with Crippen molar-refractivity contribution in [1.29, 1.82) is 0 Å². The van der Waals surface area contributed by atoms with Crippen LogP contribution in [0.5, 0.6) is 0 Å². The maximum Gasteiger partial charge on any atom is 0.310 e. The van der Waals surface area contributed by atoms with Gasteiger partial charge in [-0.15, -0.1) is 11.3 Å². The Labute approximate surface area is 184 Å². The zero-order valence-corrected chi connectivity index (χ0v) is 18.9. The normalized spacial score (nSPS) is 11.4. The van der Waals surface area contributed by atoms with Crippen LogP contribution in [0.25, 0.3) is 21.0 Å². The Morgan fingerprint density at radius 3 is 2.82 bits per heavy atom. The monoisotopic (exact) mass is 495 g/mol. The number of carbonyl (C=O) groups excluding carboxylic acids is 1. The van der Waals surface area contributed by atoms with E-state index >= 15 is 0 Å². The molecule has 0 amide bonds. The third-order valence-electron chi connectivity index (χ3n) is 4.61. The molecule has 4 rings (SSSR count). The van der Waals surface area contributed by atoms with E-state index in [1.807, 2.05) is 37.4 Å². The van der Waals surface area contributed by atoms with Crippen LogP contribution in [0.1, 0.15) is 18.1 Å². The molecule has 0 aliphatic heterocycles. The maximum absolute atomic E-state index is 12.0. The molecule has 28 heavy (non-hydrogen) atoms. The Kier molecular flexibility index (Phi) is 5.70. The standard InChI is InChI=1S/C21H16BrCl2NO2S/c1-2-27-19(26)7-12-9-25(17-8-14(22)3-4-15(12)17)10-13-11-28-18-6-5-16(23)21(24)20(13)18/h3-6,8-9,11H,2,7,10H2,1H3. The summed E-state index contributed by atoms with van der Waals surface area (Å²) in [6, 6.07) is 9.89. The Balaban J connectivity index is 1.80. The molecule has 7 heteroatoms. The average Bonchev–Trinajstić information content (AvgIpc) is 3.21. The summed E-state index contributed by atoms with van der Waals surface area (Å²) in [5, 5.41) is 5.28. The van der Waals surface area contributed by atoms with E-state index < -0.39 is 0 Å². The third-order valence-corrected chi connectivity index (χ3v) is 6.91. The van der Waals surface area contributed by atoms with Crippen LogP contribution in [0, 0.1) is 0 Å². The highest BCUT2D eigenvalue weighted by Crippen LogP contribution is 2.37. The topological polar surface area (TPSA) is 31.2 Å². The fourth-order valence-corrected chi connectivity index (χ4v) is 5.21. The first-order chi connectivity index (χ1) is 13.5. The number of benzene rings is 2. The van der Waals surface area contributed by atoms with Gasteiger partial charge >= 0.3 is 5.97 Å². The summed E-state index contributed by atoms with van der Waals surface area (Å²) < 4.78 is 9.37. The van der Waals surface area contributed by atoms with Gasteiger partial charge in [-0.3, -0.25) is 4.79 Å². The highest BCUT2D eigenvalue weighted by atomic mass is 79.9. The van der Waals surface area contributed by atoms with Crippen LogP contribution < -0.4 is 0 Å². The SMILES string of the molecule is CCOC(=O)Cc1cn(Cc2csc3ccc(Cl)c(Cl)c23)c2cc(Br)ccc12. The van der Waals surface area contributed by atoms with Crippen LogP contribution >= 0.6 is 50.5 Å². The van der Waals surface area contributed by atoms with E-state index in [2.05, 4.69) is 31.9 Å². The fourth-order valence-electron chi connectivity index (χ4n) is 3.40. The van der Waals surface area contributed by atoms with Crippen LogP contribution in [0.2, 0.25) is 10.0 Å². The van der Waals surface area contributed by atoms with Gasteiger partial charge in [0, 0.05) is 38.2 Å². The summed E-state index contributed by atoms with van der Waals surface area (Å²) in [4.78, 5) is 12.0. The lowest BCUT2D eigenvalue weighted by Crippen LogP contribution is -2.07. The molecule has 0 bridgehead atoms. The first kappa shape index (κ1) is 19.8. The summed E-state index contributed by atoms with van der Waals surface area (Å²) >= 11 is 17.9. The Bertz CT molecular complexity index is 1200. The molecule has 0 atom stereocenters. The average molecular weight is 497 g/mol. The molecule has 2 aromatic heterocycles. The van der Waals surface area contributed by atoms with Gasteiger partial charge in [-0.2, -0.15) is 0 Å². The minimum Gasteiger partial charge on any atom is -0.466 e. The number of carbonyl (C=O) groups is 1. The summed E-state index contributed by atoms with van der Waals surface area (Å²) in [5.74, 6) is -0.222. The predicted molar refractivity (Wildman–Crippen MR) is 121 cm³/mol. The molecule has 0 fully saturated rings. The van der Waals surface area contributed by atoms with Crippen molar-refractivity contribution in [1.82, 2.24) is 4.57 Å². The molecule has 0 spiro atoms. The molecule has 0 aliphatic rings. The van der Waals surface area contributed by atoms with Crippen molar-refractivity contribution >= 4 is 77.4 Å². The second-order valence-electron chi connectivity index (χ2n) is 6.42. The van der Waals surface area contributed by atoms with Gasteiger partial charge in [0.2, 0.25) is 0 Å². The summed E-state index contributed by atoms with van der Waals surface area (Å²) in [5.41, 5.74) is 3.10. The second-order valence-corrected chi connectivity index (χ2v) is 9.03. The van der Waals surface area contributed by atoms with Crippen molar-refractivity contribution in [2.75, 3.05) is 6.61 Å². The highest BCUT2D eigenvalue weighted by molar-refractivity contribution is 9.10. The Hall–Kier alpha value is -1.53. The van der Waals surface area contributed by atoms with E-state index in [1.165, 1.54) is 0 Å². The number of ether oxygens (including phenoxy) is 1. The third kappa shape index (κ3) is 3.69. The largest absolute Gasteiger partial charge is 0.466 e. The lowest BCUT2D eigenvalue weighted by Gasteiger charge is -2.07. The van der Waals surface area contributed by atoms with E-state index in [0.29, 0.717) is 23.2 Å². The van der Waals surface area contributed by atoms with Gasteiger partial charge in [0.05, 0.1) is 23.1 Å². The van der Waals surface area contributed by atoms with Crippen LogP contribution in [0.4, 0.5) is 0 Å². The minimum absolute atomic E-state index is 0.222. The number of hydrogen-bond donors (Lipinski definition) is 0. The minimum atomic E-state index is -0.222. The van der Waals surface area contributed by atoms with Gasteiger partial charge in [0.15, 0.2) is 0 Å². The fraction of sp³-hybridized carbons (Fsp3) is 0.190. The molecule has 2 heterocycles. The lowest BCUT2D eigenvalue weighted by atomic mass is 10.1. The van der Waals surface area contributed by atoms with Gasteiger partial charge < -0.3 is 9.30 Å². The molecule has 0 aliphatic carbocycles. The highest BCUT2D eigenvalue weighted by Gasteiger charge is 2.16. The smallest absolute Gasteiger partial charge is 0.310 e. The van der Waals surface area contributed by atoms with E-state index in [-0.39, 0.29) is 12.4 Å². The van der Waals surface area contributed by atoms with Crippen LogP contribution in [0.15, 0.2) is 46.4 Å². The number of nitrogens with zero attached hydrogens (tertiary/aromatic N) is 1. The summed E-state index contributed by atoms with van der Waals surface area (Å²) in [6.45, 7) is 2.83. The molecule has 0 N–H and O–H groups in total. The molecule has 4 aromatic rings. The van der Waals surface area contributed by atoms with Gasteiger partial charge in [-0.25, -0.2) is 0 Å². The van der Waals surface area contributed by atoms with E-state index in [0.717, 1.165) is 36.6 Å². The Morgan fingerprint density at radius 2 is 2.04 bits per heavy atom.